The lowest BCUT2D eigenvalue weighted by Gasteiger charge is -2.15. The van der Waals surface area contributed by atoms with E-state index in [0.717, 1.165) is 69.4 Å². The summed E-state index contributed by atoms with van der Waals surface area (Å²) in [5.41, 5.74) is 2.27. The zero-order valence-electron chi connectivity index (χ0n) is 17.1. The molecular weight excluding hydrogens is 342 g/mol. The van der Waals surface area contributed by atoms with Crippen molar-refractivity contribution in [2.45, 2.75) is 52.7 Å². The highest BCUT2D eigenvalue weighted by Crippen LogP contribution is 2.23. The van der Waals surface area contributed by atoms with Crippen LogP contribution < -0.4 is 15.4 Å². The van der Waals surface area contributed by atoms with Gasteiger partial charge in [0.25, 0.3) is 0 Å². The fourth-order valence-corrected chi connectivity index (χ4v) is 2.92. The van der Waals surface area contributed by atoms with E-state index in [9.17, 15) is 0 Å². The fourth-order valence-electron chi connectivity index (χ4n) is 2.92. The largest absolute Gasteiger partial charge is 0.491 e. The van der Waals surface area contributed by atoms with Gasteiger partial charge < -0.3 is 24.8 Å². The van der Waals surface area contributed by atoms with Gasteiger partial charge in [-0.25, -0.2) is 4.99 Å². The van der Waals surface area contributed by atoms with E-state index < -0.39 is 0 Å². The predicted octanol–water partition coefficient (Wildman–Crippen LogP) is 3.03. The minimum absolute atomic E-state index is 0.214. The maximum Gasteiger partial charge on any atom is 0.191 e. The van der Waals surface area contributed by atoms with Crippen LogP contribution in [0.1, 0.15) is 44.2 Å². The summed E-state index contributed by atoms with van der Waals surface area (Å²) < 4.78 is 17.1. The number of rotatable bonds is 11. The Kier molecular flexibility index (Phi) is 10.0. The van der Waals surface area contributed by atoms with Crippen LogP contribution in [-0.2, 0) is 16.0 Å². The zero-order chi connectivity index (χ0) is 19.3. The summed E-state index contributed by atoms with van der Waals surface area (Å²) in [6.45, 7) is 11.4. The number of guanidine groups is 1. The van der Waals surface area contributed by atoms with E-state index in [1.807, 2.05) is 6.92 Å². The molecule has 1 unspecified atom stereocenters. The Bertz CT molecular complexity index is 572. The molecule has 0 bridgehead atoms. The summed E-state index contributed by atoms with van der Waals surface area (Å²) >= 11 is 0. The number of aryl methyl sites for hydroxylation is 1. The molecule has 2 rings (SSSR count). The van der Waals surface area contributed by atoms with Gasteiger partial charge in [-0.05, 0) is 51.7 Å². The molecule has 6 nitrogen and oxygen atoms in total. The van der Waals surface area contributed by atoms with Gasteiger partial charge in [-0.2, -0.15) is 0 Å². The second kappa shape index (κ2) is 12.6. The van der Waals surface area contributed by atoms with Crippen molar-refractivity contribution in [1.82, 2.24) is 10.6 Å². The molecule has 1 aliphatic heterocycles. The molecule has 0 aliphatic carbocycles. The van der Waals surface area contributed by atoms with Crippen LogP contribution in [-0.4, -0.2) is 51.6 Å². The van der Waals surface area contributed by atoms with Crippen LogP contribution in [0.25, 0.3) is 0 Å². The van der Waals surface area contributed by atoms with Crippen molar-refractivity contribution in [3.63, 3.8) is 0 Å². The molecule has 0 spiro atoms. The summed E-state index contributed by atoms with van der Waals surface area (Å²) in [4.78, 5) is 4.71. The maximum atomic E-state index is 6.07. The van der Waals surface area contributed by atoms with E-state index in [1.54, 1.807) is 0 Å². The van der Waals surface area contributed by atoms with Crippen molar-refractivity contribution in [3.8, 4) is 5.75 Å². The van der Waals surface area contributed by atoms with Gasteiger partial charge in [0.1, 0.15) is 12.4 Å². The molecule has 1 aromatic carbocycles. The molecule has 152 valence electrons. The van der Waals surface area contributed by atoms with Gasteiger partial charge in [0.15, 0.2) is 5.96 Å². The summed E-state index contributed by atoms with van der Waals surface area (Å²) in [6, 6.07) is 6.29. The second-order valence-corrected chi connectivity index (χ2v) is 6.73. The topological polar surface area (TPSA) is 64.1 Å². The predicted molar refractivity (Wildman–Crippen MR) is 110 cm³/mol. The van der Waals surface area contributed by atoms with Crippen LogP contribution >= 0.6 is 0 Å². The lowest BCUT2D eigenvalue weighted by atomic mass is 10.1. The van der Waals surface area contributed by atoms with Gasteiger partial charge >= 0.3 is 0 Å². The summed E-state index contributed by atoms with van der Waals surface area (Å²) in [7, 11) is 0. The number of nitrogens with one attached hydrogen (secondary N) is 2. The molecule has 1 atom stereocenters. The summed E-state index contributed by atoms with van der Waals surface area (Å²) in [5.74, 6) is 1.72. The third-order valence-corrected chi connectivity index (χ3v) is 4.39. The molecule has 2 N–H and O–H groups in total. The zero-order valence-corrected chi connectivity index (χ0v) is 17.1. The Balaban J connectivity index is 1.92. The first-order chi connectivity index (χ1) is 13.2. The van der Waals surface area contributed by atoms with Crippen LogP contribution in [0.5, 0.6) is 5.75 Å². The quantitative estimate of drug-likeness (QED) is 0.353. The first kappa shape index (κ1) is 21.5. The Hall–Kier alpha value is -1.79. The monoisotopic (exact) mass is 377 g/mol. The molecule has 0 radical (unpaired) electrons. The highest BCUT2D eigenvalue weighted by molar-refractivity contribution is 5.79. The minimum Gasteiger partial charge on any atom is -0.491 e. The number of benzene rings is 1. The number of hydrogen-bond donors (Lipinski definition) is 2. The van der Waals surface area contributed by atoms with Gasteiger partial charge in [0.05, 0.1) is 12.6 Å². The van der Waals surface area contributed by atoms with Crippen molar-refractivity contribution in [2.24, 2.45) is 4.99 Å². The normalized spacial score (nSPS) is 17.1. The van der Waals surface area contributed by atoms with E-state index in [1.165, 1.54) is 5.56 Å². The molecule has 1 aliphatic rings. The summed E-state index contributed by atoms with van der Waals surface area (Å²) in [6.07, 6.45) is 3.37. The van der Waals surface area contributed by atoms with E-state index >= 15 is 0 Å². The molecule has 0 aromatic heterocycles. The van der Waals surface area contributed by atoms with Crippen LogP contribution in [0.4, 0.5) is 0 Å². The standard InChI is InChI=1S/C21H35N3O3/c1-4-22-21(23-11-7-12-25-5-2)24-15-18-10-9-17(3)14-20(18)27-16-19-8-6-13-26-19/h9-10,14,19H,4-8,11-13,15-16H2,1-3H3,(H2,22,23,24). The first-order valence-corrected chi connectivity index (χ1v) is 10.2. The fraction of sp³-hybridized carbons (Fsp3) is 0.667. The smallest absolute Gasteiger partial charge is 0.191 e. The highest BCUT2D eigenvalue weighted by atomic mass is 16.5. The van der Waals surface area contributed by atoms with Gasteiger partial charge in [-0.15, -0.1) is 0 Å². The van der Waals surface area contributed by atoms with Gasteiger partial charge in [0.2, 0.25) is 0 Å². The van der Waals surface area contributed by atoms with E-state index in [-0.39, 0.29) is 6.10 Å². The Morgan fingerprint density at radius 2 is 2.19 bits per heavy atom. The SMILES string of the molecule is CCNC(=NCc1ccc(C)cc1OCC1CCCO1)NCCCOCC. The average molecular weight is 378 g/mol. The third kappa shape index (κ3) is 8.18. The van der Waals surface area contributed by atoms with Gasteiger partial charge in [-0.1, -0.05) is 12.1 Å². The molecule has 27 heavy (non-hydrogen) atoms. The van der Waals surface area contributed by atoms with E-state index in [4.69, 9.17) is 19.2 Å². The Morgan fingerprint density at radius 3 is 2.93 bits per heavy atom. The van der Waals surface area contributed by atoms with Crippen molar-refractivity contribution in [3.05, 3.63) is 29.3 Å². The average Bonchev–Trinajstić information content (AvgIpc) is 3.18. The third-order valence-electron chi connectivity index (χ3n) is 4.39. The van der Waals surface area contributed by atoms with E-state index in [0.29, 0.717) is 13.2 Å². The second-order valence-electron chi connectivity index (χ2n) is 6.73. The molecule has 1 saturated heterocycles. The molecule has 0 saturated carbocycles. The molecule has 6 heteroatoms. The minimum atomic E-state index is 0.214. The molecular formula is C21H35N3O3. The molecule has 1 fully saturated rings. The Labute approximate surface area is 163 Å². The van der Waals surface area contributed by atoms with Crippen molar-refractivity contribution >= 4 is 5.96 Å². The lowest BCUT2D eigenvalue weighted by Crippen LogP contribution is -2.38. The van der Waals surface area contributed by atoms with Crippen LogP contribution in [0, 0.1) is 6.92 Å². The summed E-state index contributed by atoms with van der Waals surface area (Å²) in [5, 5.41) is 6.64. The van der Waals surface area contributed by atoms with E-state index in [2.05, 4.69) is 42.7 Å². The first-order valence-electron chi connectivity index (χ1n) is 10.2. The maximum absolute atomic E-state index is 6.07. The van der Waals surface area contributed by atoms with Crippen molar-refractivity contribution in [1.29, 1.82) is 0 Å². The van der Waals surface area contributed by atoms with Crippen LogP contribution in [0.3, 0.4) is 0 Å². The van der Waals surface area contributed by atoms with Crippen LogP contribution in [0.2, 0.25) is 0 Å². The molecule has 0 amide bonds. The van der Waals surface area contributed by atoms with Crippen molar-refractivity contribution < 1.29 is 14.2 Å². The number of hydrogen-bond acceptors (Lipinski definition) is 4. The number of ether oxygens (including phenoxy) is 3. The van der Waals surface area contributed by atoms with Gasteiger partial charge in [-0.3, -0.25) is 0 Å². The van der Waals surface area contributed by atoms with Gasteiger partial charge in [0, 0.05) is 38.5 Å². The molecule has 1 heterocycles. The van der Waals surface area contributed by atoms with Crippen molar-refractivity contribution in [2.75, 3.05) is 39.5 Å². The Morgan fingerprint density at radius 1 is 1.30 bits per heavy atom. The number of aliphatic imine (C=N–C) groups is 1. The molecule has 1 aromatic rings. The highest BCUT2D eigenvalue weighted by Gasteiger charge is 2.16. The van der Waals surface area contributed by atoms with Crippen LogP contribution in [0.15, 0.2) is 23.2 Å². The number of nitrogens with zero attached hydrogens (tertiary/aromatic N) is 1. The lowest BCUT2D eigenvalue weighted by molar-refractivity contribution is 0.0676.